The van der Waals surface area contributed by atoms with E-state index in [2.05, 4.69) is 10.2 Å². The van der Waals surface area contributed by atoms with Gasteiger partial charge in [0, 0.05) is 25.8 Å². The number of carbonyl (C=O) groups excluding carboxylic acids is 1. The van der Waals surface area contributed by atoms with Crippen LogP contribution < -0.4 is 19.7 Å². The Morgan fingerprint density at radius 1 is 1.04 bits per heavy atom. The van der Waals surface area contributed by atoms with E-state index in [-0.39, 0.29) is 12.5 Å². The molecular formula is C18H22N2O3. The number of hydrogen-bond acceptors (Lipinski definition) is 4. The monoisotopic (exact) mass is 314 g/mol. The third-order valence-electron chi connectivity index (χ3n) is 3.40. The number of nitrogens with zero attached hydrogens (tertiary/aromatic N) is 1. The molecule has 2 rings (SSSR count). The SMILES string of the molecule is COc1ccc(OCC(=O)NCCN(C)c2ccccc2)cc1. The summed E-state index contributed by atoms with van der Waals surface area (Å²) < 4.78 is 10.5. The number of amides is 1. The molecule has 0 unspecified atom stereocenters. The molecule has 5 nitrogen and oxygen atoms in total. The molecule has 0 aliphatic rings. The lowest BCUT2D eigenvalue weighted by Crippen LogP contribution is -2.35. The second-order valence-electron chi connectivity index (χ2n) is 5.07. The van der Waals surface area contributed by atoms with Crippen molar-refractivity contribution in [2.24, 2.45) is 0 Å². The van der Waals surface area contributed by atoms with Crippen LogP contribution in [0.4, 0.5) is 5.69 Å². The van der Waals surface area contributed by atoms with Crippen LogP contribution in [-0.4, -0.2) is 39.8 Å². The van der Waals surface area contributed by atoms with Crippen LogP contribution in [0.5, 0.6) is 11.5 Å². The second kappa shape index (κ2) is 8.68. The van der Waals surface area contributed by atoms with Crippen LogP contribution in [0.1, 0.15) is 0 Å². The maximum absolute atomic E-state index is 11.8. The van der Waals surface area contributed by atoms with Crippen molar-refractivity contribution in [2.75, 3.05) is 38.8 Å². The first-order chi connectivity index (χ1) is 11.2. The lowest BCUT2D eigenvalue weighted by molar-refractivity contribution is -0.123. The molecule has 122 valence electrons. The standard InChI is InChI=1S/C18H22N2O3/c1-20(15-6-4-3-5-7-15)13-12-19-18(21)14-23-17-10-8-16(22-2)9-11-17/h3-11H,12-14H2,1-2H3,(H,19,21). The highest BCUT2D eigenvalue weighted by Crippen LogP contribution is 2.16. The van der Waals surface area contributed by atoms with Crippen LogP contribution in [-0.2, 0) is 4.79 Å². The van der Waals surface area contributed by atoms with Crippen molar-refractivity contribution in [1.82, 2.24) is 5.32 Å². The fourth-order valence-electron chi connectivity index (χ4n) is 2.05. The summed E-state index contributed by atoms with van der Waals surface area (Å²) in [7, 11) is 3.60. The Kier molecular flexibility index (Phi) is 6.29. The van der Waals surface area contributed by atoms with Gasteiger partial charge in [0.25, 0.3) is 5.91 Å². The highest BCUT2D eigenvalue weighted by atomic mass is 16.5. The van der Waals surface area contributed by atoms with Crippen LogP contribution in [0.3, 0.4) is 0 Å². The number of hydrogen-bond donors (Lipinski definition) is 1. The van der Waals surface area contributed by atoms with Crippen LogP contribution >= 0.6 is 0 Å². The first-order valence-corrected chi connectivity index (χ1v) is 7.49. The number of benzene rings is 2. The minimum atomic E-state index is -0.137. The van der Waals surface area contributed by atoms with Crippen LogP contribution in [0.2, 0.25) is 0 Å². The molecule has 0 aliphatic carbocycles. The average molecular weight is 314 g/mol. The summed E-state index contributed by atoms with van der Waals surface area (Å²) in [5, 5.41) is 2.85. The minimum Gasteiger partial charge on any atom is -0.497 e. The van der Waals surface area contributed by atoms with Gasteiger partial charge in [0.15, 0.2) is 6.61 Å². The summed E-state index contributed by atoms with van der Waals surface area (Å²) in [6, 6.07) is 17.2. The molecule has 0 radical (unpaired) electrons. The molecule has 0 atom stereocenters. The molecule has 1 amide bonds. The van der Waals surface area contributed by atoms with Gasteiger partial charge in [0.05, 0.1) is 7.11 Å². The van der Waals surface area contributed by atoms with E-state index in [1.54, 1.807) is 31.4 Å². The van der Waals surface area contributed by atoms with Crippen molar-refractivity contribution >= 4 is 11.6 Å². The lowest BCUT2D eigenvalue weighted by Gasteiger charge is -2.19. The quantitative estimate of drug-likeness (QED) is 0.812. The Bertz CT molecular complexity index is 599. The van der Waals surface area contributed by atoms with Gasteiger partial charge in [0.2, 0.25) is 0 Å². The Labute approximate surface area is 136 Å². The molecule has 1 N–H and O–H groups in total. The van der Waals surface area contributed by atoms with Gasteiger partial charge in [-0.15, -0.1) is 0 Å². The normalized spacial score (nSPS) is 10.0. The zero-order valence-electron chi connectivity index (χ0n) is 13.5. The maximum Gasteiger partial charge on any atom is 0.258 e. The number of rotatable bonds is 8. The molecule has 0 heterocycles. The number of ether oxygens (including phenoxy) is 2. The molecule has 0 saturated carbocycles. The van der Waals surface area contributed by atoms with Crippen LogP contribution in [0.15, 0.2) is 54.6 Å². The predicted octanol–water partition coefficient (Wildman–Crippen LogP) is 2.33. The van der Waals surface area contributed by atoms with Gasteiger partial charge >= 0.3 is 0 Å². The van der Waals surface area contributed by atoms with Gasteiger partial charge < -0.3 is 19.7 Å². The molecule has 0 fully saturated rings. The molecule has 5 heteroatoms. The van der Waals surface area contributed by atoms with E-state index in [4.69, 9.17) is 9.47 Å². The average Bonchev–Trinajstić information content (AvgIpc) is 2.61. The Hall–Kier alpha value is -2.69. The first-order valence-electron chi connectivity index (χ1n) is 7.49. The van der Waals surface area contributed by atoms with Crippen molar-refractivity contribution in [3.05, 3.63) is 54.6 Å². The third kappa shape index (κ3) is 5.54. The van der Waals surface area contributed by atoms with E-state index < -0.39 is 0 Å². The highest BCUT2D eigenvalue weighted by Gasteiger charge is 2.04. The molecule has 2 aromatic rings. The fraction of sp³-hybridized carbons (Fsp3) is 0.278. The lowest BCUT2D eigenvalue weighted by atomic mass is 10.3. The number of carbonyl (C=O) groups is 1. The molecule has 23 heavy (non-hydrogen) atoms. The van der Waals surface area contributed by atoms with Crippen molar-refractivity contribution in [1.29, 1.82) is 0 Å². The van der Waals surface area contributed by atoms with E-state index in [0.29, 0.717) is 12.3 Å². The minimum absolute atomic E-state index is 0.00137. The second-order valence-corrected chi connectivity index (χ2v) is 5.07. The zero-order chi connectivity index (χ0) is 16.5. The summed E-state index contributed by atoms with van der Waals surface area (Å²) in [5.74, 6) is 1.26. The molecule has 0 aliphatic heterocycles. The van der Waals surface area contributed by atoms with Gasteiger partial charge in [-0.05, 0) is 36.4 Å². The van der Waals surface area contributed by atoms with E-state index in [0.717, 1.165) is 18.0 Å². The highest BCUT2D eigenvalue weighted by molar-refractivity contribution is 5.77. The number of nitrogens with one attached hydrogen (secondary N) is 1. The van der Waals surface area contributed by atoms with Crippen LogP contribution in [0, 0.1) is 0 Å². The van der Waals surface area contributed by atoms with Gasteiger partial charge in [-0.1, -0.05) is 18.2 Å². The van der Waals surface area contributed by atoms with Gasteiger partial charge in [0.1, 0.15) is 11.5 Å². The van der Waals surface area contributed by atoms with Crippen molar-refractivity contribution in [2.45, 2.75) is 0 Å². The first kappa shape index (κ1) is 16.7. The molecule has 0 spiro atoms. The van der Waals surface area contributed by atoms with Crippen molar-refractivity contribution < 1.29 is 14.3 Å². The summed E-state index contributed by atoms with van der Waals surface area (Å²) in [6.45, 7) is 1.30. The topological polar surface area (TPSA) is 50.8 Å². The van der Waals surface area contributed by atoms with Crippen LogP contribution in [0.25, 0.3) is 0 Å². The Balaban J connectivity index is 1.66. The maximum atomic E-state index is 11.8. The Morgan fingerprint density at radius 2 is 1.70 bits per heavy atom. The fourth-order valence-corrected chi connectivity index (χ4v) is 2.05. The summed E-state index contributed by atoms with van der Waals surface area (Å²) in [5.41, 5.74) is 1.12. The number of methoxy groups -OCH3 is 1. The molecule has 0 aromatic heterocycles. The van der Waals surface area contributed by atoms with Gasteiger partial charge in [-0.25, -0.2) is 0 Å². The smallest absolute Gasteiger partial charge is 0.258 e. The van der Waals surface area contributed by atoms with Crippen molar-refractivity contribution in [3.63, 3.8) is 0 Å². The van der Waals surface area contributed by atoms with E-state index >= 15 is 0 Å². The van der Waals surface area contributed by atoms with E-state index in [9.17, 15) is 4.79 Å². The number of para-hydroxylation sites is 1. The predicted molar refractivity (Wildman–Crippen MR) is 91.2 cm³/mol. The Morgan fingerprint density at radius 3 is 2.35 bits per heavy atom. The zero-order valence-corrected chi connectivity index (χ0v) is 13.5. The molecule has 0 saturated heterocycles. The number of likely N-dealkylation sites (N-methyl/N-ethyl adjacent to an activating group) is 1. The molecular weight excluding hydrogens is 292 g/mol. The van der Waals surface area contributed by atoms with Gasteiger partial charge in [-0.2, -0.15) is 0 Å². The number of anilines is 1. The van der Waals surface area contributed by atoms with E-state index in [1.807, 2.05) is 37.4 Å². The van der Waals surface area contributed by atoms with E-state index in [1.165, 1.54) is 0 Å². The summed E-state index contributed by atoms with van der Waals surface area (Å²) in [6.07, 6.45) is 0. The summed E-state index contributed by atoms with van der Waals surface area (Å²) in [4.78, 5) is 13.9. The molecule has 2 aromatic carbocycles. The third-order valence-corrected chi connectivity index (χ3v) is 3.40. The van der Waals surface area contributed by atoms with Crippen molar-refractivity contribution in [3.8, 4) is 11.5 Å². The largest absolute Gasteiger partial charge is 0.497 e. The molecule has 0 bridgehead atoms. The summed E-state index contributed by atoms with van der Waals surface area (Å²) >= 11 is 0. The van der Waals surface area contributed by atoms with Gasteiger partial charge in [-0.3, -0.25) is 4.79 Å².